The van der Waals surface area contributed by atoms with Crippen molar-refractivity contribution in [2.45, 2.75) is 27.7 Å². The lowest BCUT2D eigenvalue weighted by molar-refractivity contribution is 0.457. The van der Waals surface area contributed by atoms with E-state index in [1.54, 1.807) is 0 Å². The van der Waals surface area contributed by atoms with E-state index in [0.29, 0.717) is 0 Å². The normalized spacial score (nSPS) is 10.2. The van der Waals surface area contributed by atoms with Gasteiger partial charge >= 0.3 is 6.73 Å². The molecule has 1 radical (unpaired) electrons. The van der Waals surface area contributed by atoms with Crippen LogP contribution in [0.1, 0.15) is 27.7 Å². The van der Waals surface area contributed by atoms with Gasteiger partial charge in [0.05, 0.1) is 0 Å². The zero-order chi connectivity index (χ0) is 8.73. The maximum Gasteiger partial charge on any atom is 0.376 e. The van der Waals surface area contributed by atoms with Gasteiger partial charge in [-0.3, -0.25) is 0 Å². The zero-order valence-electron chi connectivity index (χ0n) is 6.79. The van der Waals surface area contributed by atoms with E-state index in [0.717, 1.165) is 11.8 Å². The summed E-state index contributed by atoms with van der Waals surface area (Å²) in [5.41, 5.74) is 0. The monoisotopic (exact) mass is 219 g/mol. The molecule has 0 aromatic heterocycles. The highest BCUT2D eigenvalue weighted by Crippen LogP contribution is 2.05. The van der Waals surface area contributed by atoms with Crippen LogP contribution in [0.5, 0.6) is 0 Å². The molecule has 0 saturated heterocycles. The van der Waals surface area contributed by atoms with Gasteiger partial charge in [-0.1, -0.05) is 27.7 Å². The molecule has 0 fully saturated rings. The Morgan fingerprint density at radius 3 is 0.900 bits per heavy atom. The molecule has 0 spiro atoms. The van der Waals surface area contributed by atoms with Crippen LogP contribution in [0.15, 0.2) is 0 Å². The second-order valence-electron chi connectivity index (χ2n) is 2.70. The summed E-state index contributed by atoms with van der Waals surface area (Å²) in [5.74, 6) is 1.70. The molecule has 0 unspecified atom stereocenters. The Bertz CT molecular complexity index is 55.3. The lowest BCUT2D eigenvalue weighted by atomic mass is 10.0. The van der Waals surface area contributed by atoms with Crippen molar-refractivity contribution >= 4 is 40.0 Å². The lowest BCUT2D eigenvalue weighted by Gasteiger charge is -2.05. The fourth-order valence-corrected chi connectivity index (χ4v) is 0. The first-order valence-corrected chi connectivity index (χ1v) is 7.75. The molecule has 0 aliphatic heterocycles. The van der Waals surface area contributed by atoms with Gasteiger partial charge in [0.2, 0.25) is 0 Å². The van der Waals surface area contributed by atoms with E-state index in [1.807, 2.05) is 0 Å². The van der Waals surface area contributed by atoms with Gasteiger partial charge in [0.1, 0.15) is 0 Å². The van der Waals surface area contributed by atoms with Crippen LogP contribution in [0.25, 0.3) is 0 Å². The van der Waals surface area contributed by atoms with Crippen molar-refractivity contribution in [1.82, 2.24) is 0 Å². The predicted molar refractivity (Wildman–Crippen MR) is 53.0 cm³/mol. The molecule has 0 amide bonds. The number of hydrogen-bond acceptors (Lipinski definition) is 0. The van der Waals surface area contributed by atoms with Gasteiger partial charge in [-0.2, -0.15) is 0 Å². The minimum absolute atomic E-state index is 0.852. The molecular formula is C6H14Cl3Si. The van der Waals surface area contributed by atoms with Crippen LogP contribution in [0.4, 0.5) is 0 Å². The van der Waals surface area contributed by atoms with Crippen LogP contribution >= 0.6 is 33.2 Å². The van der Waals surface area contributed by atoms with Crippen molar-refractivity contribution in [3.8, 4) is 0 Å². The van der Waals surface area contributed by atoms with Crippen LogP contribution in [0, 0.1) is 11.8 Å². The molecule has 0 aliphatic carbocycles. The number of hydrogen-bond donors (Lipinski definition) is 0. The van der Waals surface area contributed by atoms with Crippen molar-refractivity contribution in [1.29, 1.82) is 0 Å². The van der Waals surface area contributed by atoms with E-state index in [2.05, 4.69) is 27.7 Å². The maximum absolute atomic E-state index is 4.91. The molecule has 0 N–H and O–H groups in total. The highest BCUT2D eigenvalue weighted by molar-refractivity contribution is 7.54. The van der Waals surface area contributed by atoms with Crippen LogP contribution in [0.3, 0.4) is 0 Å². The summed E-state index contributed by atoms with van der Waals surface area (Å²) in [4.78, 5) is 0. The van der Waals surface area contributed by atoms with Gasteiger partial charge in [0.25, 0.3) is 0 Å². The average Bonchev–Trinajstić information content (AvgIpc) is 1.63. The molecule has 0 aromatic rings. The van der Waals surface area contributed by atoms with Gasteiger partial charge in [0.15, 0.2) is 0 Å². The van der Waals surface area contributed by atoms with Crippen LogP contribution in [0.2, 0.25) is 0 Å². The molecule has 63 valence electrons. The van der Waals surface area contributed by atoms with E-state index >= 15 is 0 Å². The van der Waals surface area contributed by atoms with Crippen LogP contribution in [-0.4, -0.2) is 6.73 Å². The summed E-state index contributed by atoms with van der Waals surface area (Å²) < 4.78 is 0. The molecule has 4 heteroatoms. The smallest absolute Gasteiger partial charge is 0.125 e. The van der Waals surface area contributed by atoms with Gasteiger partial charge < -0.3 is 0 Å². The number of rotatable bonds is 1. The van der Waals surface area contributed by atoms with Crippen LogP contribution < -0.4 is 0 Å². The first kappa shape index (κ1) is 13.7. The summed E-state index contributed by atoms with van der Waals surface area (Å²) in [6, 6.07) is 0. The summed E-state index contributed by atoms with van der Waals surface area (Å²) in [5, 5.41) is 0. The number of halogens is 3. The SMILES string of the molecule is CC(C)C(C)C.Cl[Si](Cl)Cl. The summed E-state index contributed by atoms with van der Waals surface area (Å²) in [6.07, 6.45) is 0. The average molecular weight is 221 g/mol. The molecule has 0 saturated carbocycles. The molecule has 10 heavy (non-hydrogen) atoms. The Labute approximate surface area is 79.6 Å². The maximum atomic E-state index is 4.91. The summed E-state index contributed by atoms with van der Waals surface area (Å²) in [6.45, 7) is 7.50. The topological polar surface area (TPSA) is 0 Å². The summed E-state index contributed by atoms with van der Waals surface area (Å²) in [7, 11) is 0. The van der Waals surface area contributed by atoms with Crippen molar-refractivity contribution in [3.63, 3.8) is 0 Å². The zero-order valence-corrected chi connectivity index (χ0v) is 10.1. The Morgan fingerprint density at radius 1 is 0.800 bits per heavy atom. The third-order valence-corrected chi connectivity index (χ3v) is 1.33. The first-order chi connectivity index (χ1) is 4.37. The van der Waals surface area contributed by atoms with E-state index in [-0.39, 0.29) is 0 Å². The van der Waals surface area contributed by atoms with E-state index in [1.165, 1.54) is 0 Å². The second kappa shape index (κ2) is 8.19. The van der Waals surface area contributed by atoms with E-state index in [9.17, 15) is 0 Å². The lowest BCUT2D eigenvalue weighted by Crippen LogP contribution is -1.95. The molecule has 0 aromatic carbocycles. The van der Waals surface area contributed by atoms with Crippen LogP contribution in [-0.2, 0) is 0 Å². The fraction of sp³-hybridized carbons (Fsp3) is 1.00. The van der Waals surface area contributed by atoms with E-state index in [4.69, 9.17) is 33.2 Å². The Morgan fingerprint density at radius 2 is 0.900 bits per heavy atom. The summed E-state index contributed by atoms with van der Waals surface area (Å²) >= 11 is 14.7. The van der Waals surface area contributed by atoms with Gasteiger partial charge in [-0.15, -0.1) is 33.2 Å². The first-order valence-electron chi connectivity index (χ1n) is 3.21. The highest BCUT2D eigenvalue weighted by atomic mass is 35.8. The Kier molecular flexibility index (Phi) is 11.2. The molecule has 0 nitrogen and oxygen atoms in total. The second-order valence-corrected chi connectivity index (χ2v) is 8.27. The van der Waals surface area contributed by atoms with Crippen molar-refractivity contribution < 1.29 is 0 Å². The van der Waals surface area contributed by atoms with Crippen molar-refractivity contribution in [2.24, 2.45) is 11.8 Å². The molecule has 0 rings (SSSR count). The third kappa shape index (κ3) is 23.0. The minimum Gasteiger partial charge on any atom is -0.125 e. The van der Waals surface area contributed by atoms with Gasteiger partial charge in [0, 0.05) is 0 Å². The minimum atomic E-state index is -1.46. The standard InChI is InChI=1S/C6H14.Cl3Si/c1-5(2)6(3)4;1-4(2)3/h5-6H,1-4H3;. The highest BCUT2D eigenvalue weighted by Gasteiger charge is 1.95. The predicted octanol–water partition coefficient (Wildman–Crippen LogP) is 3.99. The molecule has 0 bridgehead atoms. The van der Waals surface area contributed by atoms with E-state index < -0.39 is 6.73 Å². The van der Waals surface area contributed by atoms with Crippen molar-refractivity contribution in [2.75, 3.05) is 0 Å². The molecule has 0 aliphatic rings. The Hall–Kier alpha value is 1.09. The molecule has 0 heterocycles. The van der Waals surface area contributed by atoms with Gasteiger partial charge in [-0.05, 0) is 11.8 Å². The van der Waals surface area contributed by atoms with Gasteiger partial charge in [-0.25, -0.2) is 0 Å². The molecular weight excluding hydrogens is 207 g/mol. The third-order valence-electron chi connectivity index (χ3n) is 1.33. The fourth-order valence-electron chi connectivity index (χ4n) is 0. The largest absolute Gasteiger partial charge is 0.376 e. The quantitative estimate of drug-likeness (QED) is 0.463. The Balaban J connectivity index is 0. The van der Waals surface area contributed by atoms with Crippen molar-refractivity contribution in [3.05, 3.63) is 0 Å². The molecule has 0 atom stereocenters.